The van der Waals surface area contributed by atoms with Crippen LogP contribution in [0.4, 0.5) is 0 Å². The van der Waals surface area contributed by atoms with Crippen molar-refractivity contribution >= 4 is 44.2 Å². The molecular weight excluding hydrogens is 603 g/mol. The zero-order valence-corrected chi connectivity index (χ0v) is 28.6. The van der Waals surface area contributed by atoms with Gasteiger partial charge < -0.3 is 9.31 Å². The van der Waals surface area contributed by atoms with Crippen LogP contribution >= 0.6 is 10.0 Å². The molecule has 7 aromatic rings. The van der Waals surface area contributed by atoms with Gasteiger partial charge in [0.1, 0.15) is 0 Å². The average Bonchev–Trinajstić information content (AvgIpc) is 3.53. The molecule has 9 rings (SSSR count). The summed E-state index contributed by atoms with van der Waals surface area (Å²) in [5.41, 5.74) is 5.14. The van der Waals surface area contributed by atoms with Crippen LogP contribution in [0, 0.1) is 0 Å². The van der Waals surface area contributed by atoms with Crippen molar-refractivity contribution in [2.75, 3.05) is 0 Å². The highest BCUT2D eigenvalue weighted by Gasteiger charge is 2.52. The molecule has 1 saturated heterocycles. The van der Waals surface area contributed by atoms with Crippen LogP contribution in [0.1, 0.15) is 27.7 Å². The van der Waals surface area contributed by atoms with Crippen molar-refractivity contribution in [2.45, 2.75) is 58.5 Å². The van der Waals surface area contributed by atoms with Gasteiger partial charge in [0.15, 0.2) is 0 Å². The fourth-order valence-corrected chi connectivity index (χ4v) is 12.3. The van der Waals surface area contributed by atoms with E-state index in [2.05, 4.69) is 179 Å². The third kappa shape index (κ3) is 4.16. The molecule has 7 aromatic carbocycles. The maximum Gasteiger partial charge on any atom is 0.495 e. The number of hydrogen-bond donors (Lipinski definition) is 0. The van der Waals surface area contributed by atoms with Crippen molar-refractivity contribution in [1.29, 1.82) is 0 Å². The highest BCUT2D eigenvalue weighted by Crippen LogP contribution is 2.81. The van der Waals surface area contributed by atoms with Gasteiger partial charge >= 0.3 is 7.12 Å². The van der Waals surface area contributed by atoms with Gasteiger partial charge in [-0.1, -0.05) is 127 Å². The van der Waals surface area contributed by atoms with Gasteiger partial charge in [-0.25, -0.2) is 0 Å². The minimum atomic E-state index is -1.95. The molecule has 0 unspecified atom stereocenters. The van der Waals surface area contributed by atoms with Crippen LogP contribution < -0.4 is 5.46 Å². The molecule has 4 heteroatoms. The van der Waals surface area contributed by atoms with Gasteiger partial charge in [0, 0.05) is 19.6 Å². The molecule has 2 aliphatic rings. The lowest BCUT2D eigenvalue weighted by Gasteiger charge is -2.41. The van der Waals surface area contributed by atoms with E-state index in [9.17, 15) is 0 Å². The van der Waals surface area contributed by atoms with E-state index < -0.39 is 28.3 Å². The fraction of sp³-hybridized carbons (Fsp3) is 0.136. The molecule has 234 valence electrons. The second kappa shape index (κ2) is 10.7. The van der Waals surface area contributed by atoms with Crippen molar-refractivity contribution < 1.29 is 9.31 Å². The second-order valence-electron chi connectivity index (χ2n) is 13.9. The molecule has 0 spiro atoms. The maximum atomic E-state index is 6.61. The van der Waals surface area contributed by atoms with Crippen LogP contribution in [0.3, 0.4) is 0 Å². The molecule has 0 aromatic heterocycles. The minimum absolute atomic E-state index is 0.424. The summed E-state index contributed by atoms with van der Waals surface area (Å²) in [6, 6.07) is 56.3. The summed E-state index contributed by atoms with van der Waals surface area (Å²) in [5.74, 6) is 0. The lowest BCUT2D eigenvalue weighted by atomic mass is 9.74. The Balaban J connectivity index is 1.38. The van der Waals surface area contributed by atoms with Crippen LogP contribution in [0.25, 0.3) is 43.8 Å². The van der Waals surface area contributed by atoms with Crippen molar-refractivity contribution in [3.05, 3.63) is 152 Å². The predicted octanol–water partition coefficient (Wildman–Crippen LogP) is 11.3. The topological polar surface area (TPSA) is 18.5 Å². The van der Waals surface area contributed by atoms with E-state index in [4.69, 9.17) is 9.31 Å². The summed E-state index contributed by atoms with van der Waals surface area (Å²) >= 11 is 0. The van der Waals surface area contributed by atoms with Gasteiger partial charge in [0.25, 0.3) is 0 Å². The molecule has 0 radical (unpaired) electrons. The van der Waals surface area contributed by atoms with E-state index in [1.165, 1.54) is 57.8 Å². The molecule has 0 bridgehead atoms. The zero-order chi connectivity index (χ0) is 32.7. The summed E-state index contributed by atoms with van der Waals surface area (Å²) in [6.45, 7) is 8.48. The van der Waals surface area contributed by atoms with Crippen LogP contribution in [0.2, 0.25) is 0 Å². The molecule has 0 N–H and O–H groups in total. The van der Waals surface area contributed by atoms with E-state index in [-0.39, 0.29) is 0 Å². The van der Waals surface area contributed by atoms with Gasteiger partial charge in [-0.3, -0.25) is 0 Å². The van der Waals surface area contributed by atoms with Crippen molar-refractivity contribution in [3.63, 3.8) is 0 Å². The van der Waals surface area contributed by atoms with Crippen molar-refractivity contribution in [3.8, 4) is 22.3 Å². The Morgan fingerprint density at radius 3 is 1.56 bits per heavy atom. The van der Waals surface area contributed by atoms with E-state index >= 15 is 0 Å². The molecule has 0 atom stereocenters. The maximum absolute atomic E-state index is 6.61. The summed E-state index contributed by atoms with van der Waals surface area (Å²) in [7, 11) is -2.41. The first-order valence-electron chi connectivity index (χ1n) is 16.8. The monoisotopic (exact) mass is 640 g/mol. The first-order chi connectivity index (χ1) is 23.3. The van der Waals surface area contributed by atoms with Crippen LogP contribution in [-0.4, -0.2) is 18.3 Å². The molecule has 2 aliphatic heterocycles. The molecule has 0 saturated carbocycles. The highest BCUT2D eigenvalue weighted by atomic mass is 32.3. The Hall–Kier alpha value is -4.61. The highest BCUT2D eigenvalue weighted by molar-refractivity contribution is 8.34. The second-order valence-corrected chi connectivity index (χ2v) is 16.9. The SMILES string of the molecule is CC1(C)OB(c2ccccc2-c2ccc3c(c2)S(c2cccc4ccccc24)(c2cccc4ccccc24)c2ccccc2-3)OC1(C)C. The van der Waals surface area contributed by atoms with E-state index in [1.807, 2.05) is 0 Å². The van der Waals surface area contributed by atoms with Gasteiger partial charge in [-0.2, -0.15) is 0 Å². The Morgan fingerprint density at radius 2 is 0.917 bits per heavy atom. The normalized spacial score (nSPS) is 17.7. The minimum Gasteiger partial charge on any atom is -0.399 e. The molecule has 0 amide bonds. The summed E-state index contributed by atoms with van der Waals surface area (Å²) in [4.78, 5) is 5.51. The lowest BCUT2D eigenvalue weighted by molar-refractivity contribution is 0.00578. The van der Waals surface area contributed by atoms with Gasteiger partial charge in [-0.05, 0) is 101 Å². The zero-order valence-electron chi connectivity index (χ0n) is 27.7. The first-order valence-corrected chi connectivity index (χ1v) is 18.4. The van der Waals surface area contributed by atoms with E-state index in [0.29, 0.717) is 0 Å². The van der Waals surface area contributed by atoms with Crippen molar-refractivity contribution in [1.82, 2.24) is 0 Å². The number of hydrogen-bond acceptors (Lipinski definition) is 2. The van der Waals surface area contributed by atoms with E-state index in [0.717, 1.165) is 11.0 Å². The van der Waals surface area contributed by atoms with Crippen LogP contribution in [0.5, 0.6) is 0 Å². The fourth-order valence-electron chi connectivity index (χ4n) is 7.69. The molecular formula is C44H37BO2S. The third-order valence-corrected chi connectivity index (χ3v) is 14.8. The van der Waals surface area contributed by atoms with E-state index in [1.54, 1.807) is 0 Å². The van der Waals surface area contributed by atoms with Crippen LogP contribution in [0.15, 0.2) is 171 Å². The Labute approximate surface area is 284 Å². The first kappa shape index (κ1) is 29.5. The predicted molar refractivity (Wildman–Crippen MR) is 202 cm³/mol. The Kier molecular flexibility index (Phi) is 6.58. The van der Waals surface area contributed by atoms with Crippen molar-refractivity contribution in [2.24, 2.45) is 0 Å². The molecule has 0 aliphatic carbocycles. The molecule has 2 nitrogen and oxygen atoms in total. The Bertz CT molecular complexity index is 2290. The average molecular weight is 641 g/mol. The quantitative estimate of drug-likeness (QED) is 0.178. The molecule has 1 fully saturated rings. The summed E-state index contributed by atoms with van der Waals surface area (Å²) in [6.07, 6.45) is 0. The third-order valence-electron chi connectivity index (χ3n) is 10.8. The van der Waals surface area contributed by atoms with Gasteiger partial charge in [0.05, 0.1) is 11.2 Å². The number of fused-ring (bicyclic) bond motifs is 5. The smallest absolute Gasteiger partial charge is 0.399 e. The van der Waals surface area contributed by atoms with Gasteiger partial charge in [-0.15, -0.1) is 10.0 Å². The number of benzene rings is 7. The van der Waals surface area contributed by atoms with Crippen LogP contribution in [-0.2, 0) is 9.31 Å². The van der Waals surface area contributed by atoms with Gasteiger partial charge in [0.2, 0.25) is 0 Å². The summed E-state index contributed by atoms with van der Waals surface area (Å²) < 4.78 is 13.2. The number of rotatable bonds is 4. The molecule has 2 heterocycles. The Morgan fingerprint density at radius 1 is 0.438 bits per heavy atom. The lowest BCUT2D eigenvalue weighted by Crippen LogP contribution is -2.41. The largest absolute Gasteiger partial charge is 0.495 e. The molecule has 48 heavy (non-hydrogen) atoms. The standard InChI is InChI=1S/C44H37BO2S/c1-43(2)44(3,4)47-45(46-43)38-23-11-9-19-33(38)32-27-28-37-36-22-10-12-24-41(36)48(42(37)29-32,39-25-13-17-30-15-5-7-20-34(30)39)40-26-14-18-31-16-6-8-21-35(31)40/h5-29H,1-4H3. The summed E-state index contributed by atoms with van der Waals surface area (Å²) in [5, 5.41) is 5.12.